The van der Waals surface area contributed by atoms with Crippen molar-refractivity contribution < 1.29 is 32.9 Å². The van der Waals surface area contributed by atoms with E-state index in [2.05, 4.69) is 0 Å². The van der Waals surface area contributed by atoms with Gasteiger partial charge in [-0.25, -0.2) is 8.78 Å². The van der Waals surface area contributed by atoms with Gasteiger partial charge in [0.15, 0.2) is 11.5 Å². The lowest BCUT2D eigenvalue weighted by molar-refractivity contribution is -0.145. The van der Waals surface area contributed by atoms with Crippen molar-refractivity contribution in [2.75, 3.05) is 13.9 Å². The third kappa shape index (κ3) is 2.15. The Kier molecular flexibility index (Phi) is 2.98. The molecule has 0 spiro atoms. The maximum absolute atomic E-state index is 13.8. The molecule has 1 aromatic carbocycles. The van der Waals surface area contributed by atoms with E-state index in [0.717, 1.165) is 6.07 Å². The number of aliphatic carboxylic acids is 1. The van der Waals surface area contributed by atoms with Crippen LogP contribution in [-0.2, 0) is 10.7 Å². The Morgan fingerprint density at radius 3 is 2.61 bits per heavy atom. The number of carbonyl (C=O) groups is 1. The Hall–Kier alpha value is -2.05. The number of rotatable bonds is 4. The van der Waals surface area contributed by atoms with E-state index in [9.17, 15) is 13.6 Å². The zero-order chi connectivity index (χ0) is 13.3. The molecule has 98 valence electrons. The van der Waals surface area contributed by atoms with Gasteiger partial charge in [-0.1, -0.05) is 0 Å². The number of hydrogen-bond acceptors (Lipinski definition) is 4. The number of alkyl halides is 2. The number of carboxylic acid groups (broad SMARTS) is 1. The summed E-state index contributed by atoms with van der Waals surface area (Å²) < 4.78 is 42.4. The molecule has 1 aromatic rings. The van der Waals surface area contributed by atoms with Crippen molar-refractivity contribution in [2.24, 2.45) is 0 Å². The summed E-state index contributed by atoms with van der Waals surface area (Å²) in [7, 11) is 1.22. The van der Waals surface area contributed by atoms with Crippen LogP contribution in [0.4, 0.5) is 8.78 Å². The zero-order valence-electron chi connectivity index (χ0n) is 9.41. The number of benzene rings is 1. The van der Waals surface area contributed by atoms with E-state index >= 15 is 0 Å². The molecule has 0 aromatic heterocycles. The van der Waals surface area contributed by atoms with Gasteiger partial charge in [0.1, 0.15) is 12.2 Å². The van der Waals surface area contributed by atoms with Gasteiger partial charge in [0, 0.05) is 6.07 Å². The monoisotopic (exact) mass is 260 g/mol. The van der Waals surface area contributed by atoms with Gasteiger partial charge in [-0.05, 0) is 6.07 Å². The molecular formula is C11H10F2O5. The second kappa shape index (κ2) is 4.32. The fourth-order valence-corrected chi connectivity index (χ4v) is 1.66. The van der Waals surface area contributed by atoms with E-state index in [-0.39, 0.29) is 18.3 Å². The molecule has 0 aliphatic carbocycles. The van der Waals surface area contributed by atoms with Crippen molar-refractivity contribution in [1.29, 1.82) is 0 Å². The summed E-state index contributed by atoms with van der Waals surface area (Å²) in [5.74, 6) is -4.83. The lowest BCUT2D eigenvalue weighted by Crippen LogP contribution is -2.19. The lowest BCUT2D eigenvalue weighted by Gasteiger charge is -2.18. The van der Waals surface area contributed by atoms with Gasteiger partial charge < -0.3 is 19.3 Å². The highest BCUT2D eigenvalue weighted by Gasteiger charge is 2.39. The van der Waals surface area contributed by atoms with Crippen LogP contribution in [0.2, 0.25) is 0 Å². The standard InChI is InChI=1S/C11H10F2O5/c1-16-7-3-9-8(17-5-18-9)2-6(7)11(12,13)4-10(14)15/h2-3H,4-5H2,1H3,(H,14,15). The van der Waals surface area contributed by atoms with Crippen molar-refractivity contribution in [3.8, 4) is 17.2 Å². The molecule has 5 nitrogen and oxygen atoms in total. The van der Waals surface area contributed by atoms with Gasteiger partial charge in [0.2, 0.25) is 6.79 Å². The summed E-state index contributed by atoms with van der Waals surface area (Å²) in [6, 6.07) is 2.30. The quantitative estimate of drug-likeness (QED) is 0.896. The Labute approximate surface area is 101 Å². The molecule has 1 aliphatic rings. The maximum Gasteiger partial charge on any atom is 0.309 e. The Morgan fingerprint density at radius 1 is 1.44 bits per heavy atom. The van der Waals surface area contributed by atoms with Crippen molar-refractivity contribution in [1.82, 2.24) is 0 Å². The molecule has 2 rings (SSSR count). The largest absolute Gasteiger partial charge is 0.496 e. The first kappa shape index (κ1) is 12.4. The molecule has 0 radical (unpaired) electrons. The normalized spacial score (nSPS) is 13.5. The minimum atomic E-state index is -3.54. The molecule has 0 fully saturated rings. The van der Waals surface area contributed by atoms with Crippen LogP contribution in [0.5, 0.6) is 17.2 Å². The zero-order valence-corrected chi connectivity index (χ0v) is 9.41. The predicted molar refractivity (Wildman–Crippen MR) is 55.3 cm³/mol. The highest BCUT2D eigenvalue weighted by Crippen LogP contribution is 2.45. The SMILES string of the molecule is COc1cc2c(cc1C(F)(F)CC(=O)O)OCO2. The molecule has 0 amide bonds. The van der Waals surface area contributed by atoms with E-state index < -0.39 is 23.9 Å². The third-order valence-electron chi connectivity index (χ3n) is 2.46. The van der Waals surface area contributed by atoms with Gasteiger partial charge in [0.25, 0.3) is 5.92 Å². The second-order valence-corrected chi connectivity index (χ2v) is 3.68. The Morgan fingerprint density at radius 2 is 2.06 bits per heavy atom. The average Bonchev–Trinajstić information content (AvgIpc) is 2.72. The van der Waals surface area contributed by atoms with Gasteiger partial charge in [0.05, 0.1) is 12.7 Å². The van der Waals surface area contributed by atoms with Crippen LogP contribution >= 0.6 is 0 Å². The van der Waals surface area contributed by atoms with E-state index in [4.69, 9.17) is 19.3 Å². The fourth-order valence-electron chi connectivity index (χ4n) is 1.66. The molecule has 18 heavy (non-hydrogen) atoms. The summed E-state index contributed by atoms with van der Waals surface area (Å²) in [6.07, 6.45) is -1.32. The van der Waals surface area contributed by atoms with E-state index in [1.165, 1.54) is 13.2 Å². The molecule has 0 unspecified atom stereocenters. The smallest absolute Gasteiger partial charge is 0.309 e. The molecule has 0 saturated carbocycles. The van der Waals surface area contributed by atoms with Crippen molar-refractivity contribution in [3.63, 3.8) is 0 Å². The van der Waals surface area contributed by atoms with Gasteiger partial charge in [-0.15, -0.1) is 0 Å². The number of carboxylic acids is 1. The second-order valence-electron chi connectivity index (χ2n) is 3.68. The highest BCUT2D eigenvalue weighted by molar-refractivity contribution is 5.69. The molecule has 0 atom stereocenters. The highest BCUT2D eigenvalue weighted by atomic mass is 19.3. The predicted octanol–water partition coefficient (Wildman–Crippen LogP) is 1.99. The van der Waals surface area contributed by atoms with Crippen LogP contribution in [0, 0.1) is 0 Å². The number of fused-ring (bicyclic) bond motifs is 1. The van der Waals surface area contributed by atoms with E-state index in [1.807, 2.05) is 0 Å². The number of hydrogen-bond donors (Lipinski definition) is 1. The summed E-state index contributed by atoms with van der Waals surface area (Å²) in [5.41, 5.74) is -0.531. The summed E-state index contributed by atoms with van der Waals surface area (Å²) >= 11 is 0. The Balaban J connectivity index is 2.46. The lowest BCUT2D eigenvalue weighted by atomic mass is 10.0. The van der Waals surface area contributed by atoms with Crippen LogP contribution in [0.25, 0.3) is 0 Å². The fraction of sp³-hybridized carbons (Fsp3) is 0.364. The van der Waals surface area contributed by atoms with Gasteiger partial charge in [-0.3, -0.25) is 4.79 Å². The first-order chi connectivity index (χ1) is 8.44. The molecule has 1 heterocycles. The molecule has 1 N–H and O–H groups in total. The van der Waals surface area contributed by atoms with E-state index in [1.54, 1.807) is 0 Å². The van der Waals surface area contributed by atoms with E-state index in [0.29, 0.717) is 5.75 Å². The topological polar surface area (TPSA) is 65.0 Å². The molecular weight excluding hydrogens is 250 g/mol. The van der Waals surface area contributed by atoms with Crippen molar-refractivity contribution >= 4 is 5.97 Å². The van der Waals surface area contributed by atoms with Crippen LogP contribution < -0.4 is 14.2 Å². The summed E-state index contributed by atoms with van der Waals surface area (Å²) in [6.45, 7) is -0.0631. The van der Waals surface area contributed by atoms with Gasteiger partial charge >= 0.3 is 5.97 Å². The minimum absolute atomic E-state index is 0.0631. The average molecular weight is 260 g/mol. The molecule has 0 saturated heterocycles. The van der Waals surface area contributed by atoms with Crippen LogP contribution in [0.15, 0.2) is 12.1 Å². The molecule has 1 aliphatic heterocycles. The maximum atomic E-state index is 13.8. The van der Waals surface area contributed by atoms with Crippen LogP contribution in [0.3, 0.4) is 0 Å². The Bertz CT molecular complexity index is 487. The first-order valence-electron chi connectivity index (χ1n) is 5.02. The number of halogens is 2. The van der Waals surface area contributed by atoms with Gasteiger partial charge in [-0.2, -0.15) is 0 Å². The van der Waals surface area contributed by atoms with Crippen molar-refractivity contribution in [3.05, 3.63) is 17.7 Å². The molecule has 0 bridgehead atoms. The number of methoxy groups -OCH3 is 1. The van der Waals surface area contributed by atoms with Crippen LogP contribution in [-0.4, -0.2) is 25.0 Å². The first-order valence-corrected chi connectivity index (χ1v) is 5.02. The van der Waals surface area contributed by atoms with Crippen molar-refractivity contribution in [2.45, 2.75) is 12.3 Å². The summed E-state index contributed by atoms with van der Waals surface area (Å²) in [5, 5.41) is 8.49. The third-order valence-corrected chi connectivity index (χ3v) is 2.46. The van der Waals surface area contributed by atoms with Crippen LogP contribution in [0.1, 0.15) is 12.0 Å². The number of ether oxygens (including phenoxy) is 3. The molecule has 7 heteroatoms. The summed E-state index contributed by atoms with van der Waals surface area (Å²) in [4.78, 5) is 10.4. The minimum Gasteiger partial charge on any atom is -0.496 e.